The van der Waals surface area contributed by atoms with Crippen LogP contribution in [0.4, 0.5) is 0 Å². The van der Waals surface area contributed by atoms with Crippen molar-refractivity contribution in [2.24, 2.45) is 5.92 Å². The first kappa shape index (κ1) is 17.8. The summed E-state index contributed by atoms with van der Waals surface area (Å²) in [6.45, 7) is 16.2. The van der Waals surface area contributed by atoms with Gasteiger partial charge < -0.3 is 4.74 Å². The maximum Gasteiger partial charge on any atom is 0.126 e. The van der Waals surface area contributed by atoms with Crippen molar-refractivity contribution in [2.75, 3.05) is 6.61 Å². The Hall–Kier alpha value is -1.24. The van der Waals surface area contributed by atoms with Crippen molar-refractivity contribution in [3.05, 3.63) is 41.0 Å². The first-order valence-corrected chi connectivity index (χ1v) is 8.23. The molecule has 1 heteroatoms. The maximum absolute atomic E-state index is 6.03. The first-order chi connectivity index (χ1) is 9.79. The Kier molecular flexibility index (Phi) is 6.51. The summed E-state index contributed by atoms with van der Waals surface area (Å²) in [5.74, 6) is 1.64. The molecule has 0 N–H and O–H groups in total. The molecule has 0 amide bonds. The third-order valence-corrected chi connectivity index (χ3v) is 3.65. The van der Waals surface area contributed by atoms with Crippen molar-refractivity contribution in [1.29, 1.82) is 0 Å². The summed E-state index contributed by atoms with van der Waals surface area (Å²) in [5.41, 5.74) is 4.10. The topological polar surface area (TPSA) is 9.23 Å². The van der Waals surface area contributed by atoms with Gasteiger partial charge in [-0.05, 0) is 43.6 Å². The molecule has 0 spiro atoms. The molecule has 0 fully saturated rings. The number of allylic oxidation sites excluding steroid dienone is 2. The number of aryl methyl sites for hydroxylation is 1. The van der Waals surface area contributed by atoms with Gasteiger partial charge in [0, 0.05) is 5.56 Å². The van der Waals surface area contributed by atoms with Gasteiger partial charge in [0.1, 0.15) is 5.75 Å². The monoisotopic (exact) mass is 288 g/mol. The first-order valence-electron chi connectivity index (χ1n) is 8.23. The molecule has 1 unspecified atom stereocenters. The largest absolute Gasteiger partial charge is 0.493 e. The second-order valence-corrected chi connectivity index (χ2v) is 7.00. The Morgan fingerprint density at radius 3 is 2.38 bits per heavy atom. The van der Waals surface area contributed by atoms with Crippen molar-refractivity contribution < 1.29 is 4.74 Å². The van der Waals surface area contributed by atoms with Gasteiger partial charge in [0.05, 0.1) is 6.61 Å². The highest BCUT2D eigenvalue weighted by Gasteiger charge is 2.22. The summed E-state index contributed by atoms with van der Waals surface area (Å²) in [4.78, 5) is 0. The number of benzene rings is 1. The molecule has 0 saturated carbocycles. The van der Waals surface area contributed by atoms with Crippen LogP contribution in [0.3, 0.4) is 0 Å². The van der Waals surface area contributed by atoms with Crippen LogP contribution in [0, 0.1) is 12.8 Å². The fourth-order valence-electron chi connectivity index (χ4n) is 2.66. The molecule has 1 atom stereocenters. The Balaban J connectivity index is 3.23. The zero-order chi connectivity index (χ0) is 16.0. The van der Waals surface area contributed by atoms with Gasteiger partial charge in [0.2, 0.25) is 0 Å². The van der Waals surface area contributed by atoms with Crippen LogP contribution in [0.1, 0.15) is 64.7 Å². The van der Waals surface area contributed by atoms with E-state index in [0.29, 0.717) is 5.92 Å². The van der Waals surface area contributed by atoms with Gasteiger partial charge >= 0.3 is 0 Å². The molecule has 0 aliphatic carbocycles. The standard InChI is InChI=1S/C20H32O/c1-8-10-11-15(3)12-17-13-16(4)14-18(20(5,6)7)19(17)21-9-2/h10-11,13-15H,8-9,12H2,1-7H3/b11-10-. The predicted molar refractivity (Wildman–Crippen MR) is 93.3 cm³/mol. The maximum atomic E-state index is 6.03. The third kappa shape index (κ3) is 5.22. The van der Waals surface area contributed by atoms with Crippen molar-refractivity contribution >= 4 is 0 Å². The van der Waals surface area contributed by atoms with Crippen molar-refractivity contribution in [1.82, 2.24) is 0 Å². The summed E-state index contributed by atoms with van der Waals surface area (Å²) < 4.78 is 6.03. The smallest absolute Gasteiger partial charge is 0.126 e. The van der Waals surface area contributed by atoms with Gasteiger partial charge in [-0.25, -0.2) is 0 Å². The molecule has 1 rings (SSSR count). The molecular weight excluding hydrogens is 256 g/mol. The molecular formula is C20H32O. The normalized spacial score (nSPS) is 13.7. The van der Waals surface area contributed by atoms with Crippen LogP contribution in [0.2, 0.25) is 0 Å². The van der Waals surface area contributed by atoms with E-state index in [-0.39, 0.29) is 5.41 Å². The lowest BCUT2D eigenvalue weighted by molar-refractivity contribution is 0.325. The van der Waals surface area contributed by atoms with E-state index in [1.54, 1.807) is 0 Å². The Labute approximate surface area is 131 Å². The summed E-state index contributed by atoms with van der Waals surface area (Å²) in [5, 5.41) is 0. The summed E-state index contributed by atoms with van der Waals surface area (Å²) in [6, 6.07) is 4.57. The minimum atomic E-state index is 0.105. The zero-order valence-electron chi connectivity index (χ0n) is 14.9. The van der Waals surface area contributed by atoms with E-state index in [1.165, 1.54) is 16.7 Å². The van der Waals surface area contributed by atoms with Crippen LogP contribution in [0.15, 0.2) is 24.3 Å². The van der Waals surface area contributed by atoms with Crippen LogP contribution in [-0.4, -0.2) is 6.61 Å². The number of hydrogen-bond donors (Lipinski definition) is 0. The second kappa shape index (κ2) is 7.68. The van der Waals surface area contributed by atoms with Gasteiger partial charge in [-0.2, -0.15) is 0 Å². The van der Waals surface area contributed by atoms with Crippen LogP contribution in [-0.2, 0) is 11.8 Å². The molecule has 21 heavy (non-hydrogen) atoms. The number of hydrogen-bond acceptors (Lipinski definition) is 1. The van der Waals surface area contributed by atoms with E-state index in [9.17, 15) is 0 Å². The molecule has 1 nitrogen and oxygen atoms in total. The van der Waals surface area contributed by atoms with E-state index in [2.05, 4.69) is 72.8 Å². The minimum Gasteiger partial charge on any atom is -0.493 e. The predicted octanol–water partition coefficient (Wildman–Crippen LogP) is 5.84. The Bertz CT molecular complexity index is 477. The quantitative estimate of drug-likeness (QED) is 0.598. The van der Waals surface area contributed by atoms with E-state index < -0.39 is 0 Å². The fourth-order valence-corrected chi connectivity index (χ4v) is 2.66. The summed E-state index contributed by atoms with van der Waals surface area (Å²) >= 11 is 0. The number of ether oxygens (including phenoxy) is 1. The zero-order valence-corrected chi connectivity index (χ0v) is 14.9. The van der Waals surface area contributed by atoms with Crippen molar-refractivity contribution in [3.8, 4) is 5.75 Å². The van der Waals surface area contributed by atoms with E-state index >= 15 is 0 Å². The van der Waals surface area contributed by atoms with Gasteiger partial charge in [-0.3, -0.25) is 0 Å². The van der Waals surface area contributed by atoms with Crippen molar-refractivity contribution in [3.63, 3.8) is 0 Å². The van der Waals surface area contributed by atoms with Gasteiger partial charge in [0.15, 0.2) is 0 Å². The van der Waals surface area contributed by atoms with Gasteiger partial charge in [0.25, 0.3) is 0 Å². The van der Waals surface area contributed by atoms with Crippen LogP contribution < -0.4 is 4.74 Å². The minimum absolute atomic E-state index is 0.105. The molecule has 0 saturated heterocycles. The lowest BCUT2D eigenvalue weighted by Gasteiger charge is -2.26. The van der Waals surface area contributed by atoms with E-state index in [4.69, 9.17) is 4.74 Å². The molecule has 1 aromatic rings. The Morgan fingerprint density at radius 2 is 1.86 bits per heavy atom. The summed E-state index contributed by atoms with van der Waals surface area (Å²) in [7, 11) is 0. The van der Waals surface area contributed by atoms with Gasteiger partial charge in [-0.15, -0.1) is 0 Å². The molecule has 0 aliphatic rings. The molecule has 118 valence electrons. The SMILES string of the molecule is CC/C=C\C(C)Cc1cc(C)cc(C(C)(C)C)c1OCC. The number of rotatable bonds is 6. The van der Waals surface area contributed by atoms with Crippen LogP contribution >= 0.6 is 0 Å². The lowest BCUT2D eigenvalue weighted by Crippen LogP contribution is -2.16. The molecule has 0 aliphatic heterocycles. The highest BCUT2D eigenvalue weighted by Crippen LogP contribution is 2.36. The molecule has 1 aromatic carbocycles. The molecule has 0 heterocycles. The van der Waals surface area contributed by atoms with Crippen molar-refractivity contribution in [2.45, 2.75) is 66.7 Å². The average molecular weight is 288 g/mol. The highest BCUT2D eigenvalue weighted by molar-refractivity contribution is 5.48. The fraction of sp³-hybridized carbons (Fsp3) is 0.600. The molecule has 0 bridgehead atoms. The van der Waals surface area contributed by atoms with E-state index in [1.807, 2.05) is 0 Å². The average Bonchev–Trinajstić information content (AvgIpc) is 2.38. The Morgan fingerprint density at radius 1 is 1.19 bits per heavy atom. The third-order valence-electron chi connectivity index (χ3n) is 3.65. The second-order valence-electron chi connectivity index (χ2n) is 7.00. The van der Waals surface area contributed by atoms with E-state index in [0.717, 1.165) is 25.2 Å². The highest BCUT2D eigenvalue weighted by atomic mass is 16.5. The van der Waals surface area contributed by atoms with Crippen LogP contribution in [0.25, 0.3) is 0 Å². The van der Waals surface area contributed by atoms with Crippen LogP contribution in [0.5, 0.6) is 5.75 Å². The lowest BCUT2D eigenvalue weighted by atomic mass is 9.83. The summed E-state index contributed by atoms with van der Waals surface area (Å²) in [6.07, 6.45) is 6.71. The molecule has 0 radical (unpaired) electrons. The van der Waals surface area contributed by atoms with Gasteiger partial charge in [-0.1, -0.05) is 64.5 Å². The molecule has 0 aromatic heterocycles.